The first-order valence-corrected chi connectivity index (χ1v) is 8.54. The molecular formula is C17H17FN2O3S. The lowest BCUT2D eigenvalue weighted by Gasteiger charge is -2.09. The molecule has 0 unspecified atom stereocenters. The van der Waals surface area contributed by atoms with Gasteiger partial charge in [-0.3, -0.25) is 20.4 Å². The Labute approximate surface area is 143 Å². The highest BCUT2D eigenvalue weighted by atomic mass is 32.2. The first-order chi connectivity index (χ1) is 11.6. The maximum atomic E-state index is 13.3. The molecule has 0 spiro atoms. The number of thioether (sulfide) groups is 1. The molecule has 0 aliphatic carbocycles. The molecule has 0 bridgehead atoms. The highest BCUT2D eigenvalue weighted by Crippen LogP contribution is 2.14. The molecule has 0 fully saturated rings. The summed E-state index contributed by atoms with van der Waals surface area (Å²) >= 11 is 1.69. The van der Waals surface area contributed by atoms with Gasteiger partial charge >= 0.3 is 0 Å². The van der Waals surface area contributed by atoms with Gasteiger partial charge in [0.15, 0.2) is 18.2 Å². The second kappa shape index (κ2) is 8.93. The van der Waals surface area contributed by atoms with Crippen LogP contribution in [0, 0.1) is 5.82 Å². The Morgan fingerprint density at radius 1 is 1.08 bits per heavy atom. The predicted molar refractivity (Wildman–Crippen MR) is 91.2 cm³/mol. The second-order valence-electron chi connectivity index (χ2n) is 4.85. The number of carbonyl (C=O) groups excluding carboxylic acids is 2. The molecule has 0 aliphatic heterocycles. The van der Waals surface area contributed by atoms with Crippen molar-refractivity contribution in [2.24, 2.45) is 0 Å². The zero-order valence-corrected chi connectivity index (χ0v) is 13.9. The number of hydrogen-bond acceptors (Lipinski definition) is 4. The van der Waals surface area contributed by atoms with Crippen molar-refractivity contribution in [3.05, 3.63) is 65.5 Å². The van der Waals surface area contributed by atoms with Gasteiger partial charge < -0.3 is 4.74 Å². The summed E-state index contributed by atoms with van der Waals surface area (Å²) in [6, 6.07) is 12.8. The second-order valence-corrected chi connectivity index (χ2v) is 5.72. The summed E-state index contributed by atoms with van der Waals surface area (Å²) in [5, 5.41) is 0. The fraction of sp³-hybridized carbons (Fsp3) is 0.176. The number of ether oxygens (including phenoxy) is 1. The number of amides is 2. The maximum Gasteiger partial charge on any atom is 0.276 e. The molecule has 7 heteroatoms. The SMILES string of the molecule is CSCc1ccc(C(=O)NNC(=O)COc2ccccc2F)cc1. The summed E-state index contributed by atoms with van der Waals surface area (Å²) in [6.45, 7) is -0.409. The fourth-order valence-corrected chi connectivity index (χ4v) is 2.38. The van der Waals surface area contributed by atoms with E-state index in [0.29, 0.717) is 5.56 Å². The van der Waals surface area contributed by atoms with E-state index in [1.54, 1.807) is 30.0 Å². The molecular weight excluding hydrogens is 331 g/mol. The monoisotopic (exact) mass is 348 g/mol. The van der Waals surface area contributed by atoms with Gasteiger partial charge in [0.1, 0.15) is 0 Å². The fourth-order valence-electron chi connectivity index (χ4n) is 1.86. The van der Waals surface area contributed by atoms with Crippen molar-refractivity contribution in [3.8, 4) is 5.75 Å². The molecule has 5 nitrogen and oxygen atoms in total. The zero-order chi connectivity index (χ0) is 17.4. The first kappa shape index (κ1) is 17.8. The Morgan fingerprint density at radius 2 is 1.79 bits per heavy atom. The van der Waals surface area contributed by atoms with E-state index < -0.39 is 24.2 Å². The van der Waals surface area contributed by atoms with Gasteiger partial charge in [0.05, 0.1) is 0 Å². The van der Waals surface area contributed by atoms with Crippen molar-refractivity contribution in [2.75, 3.05) is 12.9 Å². The predicted octanol–water partition coefficient (Wildman–Crippen LogP) is 2.53. The lowest BCUT2D eigenvalue weighted by Crippen LogP contribution is -2.43. The molecule has 0 saturated heterocycles. The summed E-state index contributed by atoms with van der Waals surface area (Å²) in [4.78, 5) is 23.5. The van der Waals surface area contributed by atoms with Crippen molar-refractivity contribution >= 4 is 23.6 Å². The lowest BCUT2D eigenvalue weighted by atomic mass is 10.1. The molecule has 0 saturated carbocycles. The molecule has 2 N–H and O–H groups in total. The van der Waals surface area contributed by atoms with Crippen LogP contribution < -0.4 is 15.6 Å². The number of carbonyl (C=O) groups is 2. The molecule has 0 aromatic heterocycles. The summed E-state index contributed by atoms with van der Waals surface area (Å²) < 4.78 is 18.4. The van der Waals surface area contributed by atoms with Crippen molar-refractivity contribution in [3.63, 3.8) is 0 Å². The third kappa shape index (κ3) is 5.27. The standard InChI is InChI=1S/C17H17FN2O3S/c1-24-11-12-6-8-13(9-7-12)17(22)20-19-16(21)10-23-15-5-3-2-4-14(15)18/h2-9H,10-11H2,1H3,(H,19,21)(H,20,22). The first-order valence-electron chi connectivity index (χ1n) is 7.14. The van der Waals surface area contributed by atoms with Crippen molar-refractivity contribution < 1.29 is 18.7 Å². The summed E-state index contributed by atoms with van der Waals surface area (Å²) in [7, 11) is 0. The minimum atomic E-state index is -0.592. The van der Waals surface area contributed by atoms with E-state index in [9.17, 15) is 14.0 Å². The van der Waals surface area contributed by atoms with Crippen LogP contribution in [0.1, 0.15) is 15.9 Å². The third-order valence-corrected chi connectivity index (χ3v) is 3.66. The summed E-state index contributed by atoms with van der Waals surface area (Å²) in [6.07, 6.45) is 2.00. The van der Waals surface area contributed by atoms with Crippen LogP contribution in [0.15, 0.2) is 48.5 Å². The molecule has 126 valence electrons. The van der Waals surface area contributed by atoms with E-state index in [-0.39, 0.29) is 5.75 Å². The van der Waals surface area contributed by atoms with Gasteiger partial charge in [-0.15, -0.1) is 0 Å². The van der Waals surface area contributed by atoms with Crippen molar-refractivity contribution in [1.82, 2.24) is 10.9 Å². The van der Waals surface area contributed by atoms with Crippen LogP contribution >= 0.6 is 11.8 Å². The van der Waals surface area contributed by atoms with Crippen molar-refractivity contribution in [2.45, 2.75) is 5.75 Å². The average molecular weight is 348 g/mol. The molecule has 0 heterocycles. The Morgan fingerprint density at radius 3 is 2.46 bits per heavy atom. The van der Waals surface area contributed by atoms with Crippen LogP contribution in [0.2, 0.25) is 0 Å². The van der Waals surface area contributed by atoms with E-state index in [1.807, 2.05) is 18.4 Å². The quantitative estimate of drug-likeness (QED) is 0.787. The van der Waals surface area contributed by atoms with E-state index in [1.165, 1.54) is 18.2 Å². The maximum absolute atomic E-state index is 13.3. The summed E-state index contributed by atoms with van der Waals surface area (Å²) in [5.41, 5.74) is 6.04. The van der Waals surface area contributed by atoms with Gasteiger partial charge in [0, 0.05) is 11.3 Å². The summed E-state index contributed by atoms with van der Waals surface area (Å²) in [5.74, 6) is -0.745. The third-order valence-electron chi connectivity index (χ3n) is 3.04. The highest BCUT2D eigenvalue weighted by molar-refractivity contribution is 7.97. The molecule has 0 radical (unpaired) electrons. The molecule has 0 atom stereocenters. The smallest absolute Gasteiger partial charge is 0.276 e. The number of rotatable bonds is 6. The Bertz CT molecular complexity index is 707. The van der Waals surface area contributed by atoms with E-state index >= 15 is 0 Å². The number of benzene rings is 2. The number of halogens is 1. The van der Waals surface area contributed by atoms with Crippen LogP contribution in [0.3, 0.4) is 0 Å². The van der Waals surface area contributed by atoms with Gasteiger partial charge in [-0.05, 0) is 36.1 Å². The van der Waals surface area contributed by atoms with Crippen LogP contribution in [-0.2, 0) is 10.5 Å². The lowest BCUT2D eigenvalue weighted by molar-refractivity contribution is -0.123. The Hall–Kier alpha value is -2.54. The number of hydrogen-bond donors (Lipinski definition) is 2. The molecule has 2 aromatic rings. The van der Waals surface area contributed by atoms with E-state index in [0.717, 1.165) is 11.3 Å². The Kier molecular flexibility index (Phi) is 6.62. The Balaban J connectivity index is 1.78. The van der Waals surface area contributed by atoms with Gasteiger partial charge in [0.25, 0.3) is 11.8 Å². The van der Waals surface area contributed by atoms with Gasteiger partial charge in [0.2, 0.25) is 0 Å². The van der Waals surface area contributed by atoms with E-state index in [2.05, 4.69) is 10.9 Å². The molecule has 2 rings (SSSR count). The molecule has 24 heavy (non-hydrogen) atoms. The van der Waals surface area contributed by atoms with Gasteiger partial charge in [-0.25, -0.2) is 4.39 Å². The number of nitrogens with one attached hydrogen (secondary N) is 2. The van der Waals surface area contributed by atoms with Crippen LogP contribution in [0.5, 0.6) is 5.75 Å². The normalized spacial score (nSPS) is 10.1. The number of para-hydroxylation sites is 1. The van der Waals surface area contributed by atoms with Gasteiger partial charge in [-0.1, -0.05) is 24.3 Å². The van der Waals surface area contributed by atoms with Crippen LogP contribution in [-0.4, -0.2) is 24.7 Å². The highest BCUT2D eigenvalue weighted by Gasteiger charge is 2.09. The van der Waals surface area contributed by atoms with Crippen molar-refractivity contribution in [1.29, 1.82) is 0 Å². The number of hydrazine groups is 1. The van der Waals surface area contributed by atoms with Gasteiger partial charge in [-0.2, -0.15) is 11.8 Å². The minimum absolute atomic E-state index is 0.0247. The zero-order valence-electron chi connectivity index (χ0n) is 13.0. The van der Waals surface area contributed by atoms with E-state index in [4.69, 9.17) is 4.74 Å². The molecule has 2 amide bonds. The minimum Gasteiger partial charge on any atom is -0.481 e. The topological polar surface area (TPSA) is 67.4 Å². The largest absolute Gasteiger partial charge is 0.481 e. The molecule has 0 aliphatic rings. The average Bonchev–Trinajstić information content (AvgIpc) is 2.60. The van der Waals surface area contributed by atoms with Crippen LogP contribution in [0.25, 0.3) is 0 Å². The van der Waals surface area contributed by atoms with Crippen LogP contribution in [0.4, 0.5) is 4.39 Å². The molecule has 2 aromatic carbocycles.